The molecule has 1 atom stereocenters. The van der Waals surface area contributed by atoms with Crippen LogP contribution in [-0.2, 0) is 4.79 Å². The van der Waals surface area contributed by atoms with Crippen LogP contribution in [-0.4, -0.2) is 23.3 Å². The van der Waals surface area contributed by atoms with Crippen LogP contribution in [0.4, 0.5) is 5.69 Å². The molecule has 212 valence electrons. The monoisotopic (exact) mass is 559 g/mol. The Morgan fingerprint density at radius 2 is 1.25 bits per heavy atom. The van der Waals surface area contributed by atoms with E-state index in [2.05, 4.69) is 12.2 Å². The van der Waals surface area contributed by atoms with E-state index < -0.39 is 17.7 Å². The van der Waals surface area contributed by atoms with Gasteiger partial charge in [-0.3, -0.25) is 9.59 Å². The number of para-hydroxylation sites is 2. The lowest BCUT2D eigenvalue weighted by Crippen LogP contribution is -2.37. The number of unbranched alkanes of at least 4 members (excludes halogenated alkanes) is 9. The van der Waals surface area contributed by atoms with Crippen molar-refractivity contribution in [1.29, 1.82) is 0 Å². The molecule has 0 radical (unpaired) electrons. The van der Waals surface area contributed by atoms with Crippen LogP contribution in [0.5, 0.6) is 11.5 Å². The topological polar surface area (TPSA) is 64.6 Å². The third kappa shape index (κ3) is 10.9. The van der Waals surface area contributed by atoms with Crippen LogP contribution in [0.3, 0.4) is 0 Å². The molecule has 40 heavy (non-hydrogen) atoms. The van der Waals surface area contributed by atoms with Crippen molar-refractivity contribution in [2.45, 2.75) is 71.1 Å². The summed E-state index contributed by atoms with van der Waals surface area (Å²) >= 11 is 5.53. The van der Waals surface area contributed by atoms with Crippen molar-refractivity contribution in [2.75, 3.05) is 11.9 Å². The number of esters is 1. The summed E-state index contributed by atoms with van der Waals surface area (Å²) in [7, 11) is 0. The molecule has 3 aromatic carbocycles. The molecular weight excluding hydrogens is 518 g/mol. The molecule has 0 bridgehead atoms. The summed E-state index contributed by atoms with van der Waals surface area (Å²) in [4.78, 5) is 26.7. The summed E-state index contributed by atoms with van der Waals surface area (Å²) in [6, 6.07) is 24.7. The Hall–Kier alpha value is -3.51. The molecule has 0 aromatic heterocycles. The highest BCUT2D eigenvalue weighted by Crippen LogP contribution is 2.21. The second kappa shape index (κ2) is 18.0. The van der Waals surface area contributed by atoms with Crippen molar-refractivity contribution in [2.24, 2.45) is 5.92 Å². The first kappa shape index (κ1) is 31.0. The Morgan fingerprint density at radius 3 is 1.85 bits per heavy atom. The number of hydrogen-bond acceptors (Lipinski definition) is 5. The number of thiocarbonyl (C=S) groups is 1. The van der Waals surface area contributed by atoms with Gasteiger partial charge in [-0.05, 0) is 55.0 Å². The maximum atomic E-state index is 13.5. The molecule has 3 aromatic rings. The number of anilines is 1. The van der Waals surface area contributed by atoms with Gasteiger partial charge in [-0.1, -0.05) is 113 Å². The molecule has 0 saturated heterocycles. The Kier molecular flexibility index (Phi) is 13.9. The van der Waals surface area contributed by atoms with Gasteiger partial charge in [0.15, 0.2) is 11.7 Å². The number of carbonyl (C=O) groups is 2. The Bertz CT molecular complexity index is 1110. The predicted molar refractivity (Wildman–Crippen MR) is 166 cm³/mol. The predicted octanol–water partition coefficient (Wildman–Crippen LogP) is 8.83. The van der Waals surface area contributed by atoms with E-state index in [1.807, 2.05) is 36.4 Å². The molecule has 0 heterocycles. The first-order chi connectivity index (χ1) is 19.6. The van der Waals surface area contributed by atoms with Gasteiger partial charge < -0.3 is 14.8 Å². The second-order valence-electron chi connectivity index (χ2n) is 9.94. The van der Waals surface area contributed by atoms with Gasteiger partial charge in [-0.15, -0.1) is 0 Å². The fraction of sp³-hybridized carbons (Fsp3) is 0.382. The van der Waals surface area contributed by atoms with Crippen LogP contribution >= 0.6 is 12.2 Å². The van der Waals surface area contributed by atoms with E-state index in [9.17, 15) is 9.59 Å². The molecule has 6 heteroatoms. The molecule has 0 aliphatic heterocycles. The van der Waals surface area contributed by atoms with Crippen LogP contribution in [0.1, 0.15) is 81.5 Å². The molecule has 5 nitrogen and oxygen atoms in total. The molecule has 1 N–H and O–H groups in total. The van der Waals surface area contributed by atoms with Crippen LogP contribution in [0, 0.1) is 5.92 Å². The lowest BCUT2D eigenvalue weighted by atomic mass is 9.97. The largest absolute Gasteiger partial charge is 0.494 e. The first-order valence-electron chi connectivity index (χ1n) is 14.5. The van der Waals surface area contributed by atoms with E-state index in [4.69, 9.17) is 21.7 Å². The summed E-state index contributed by atoms with van der Waals surface area (Å²) in [5.41, 5.74) is 1.05. The minimum atomic E-state index is -1.30. The van der Waals surface area contributed by atoms with Crippen molar-refractivity contribution in [1.82, 2.24) is 0 Å². The Balaban J connectivity index is 1.52. The van der Waals surface area contributed by atoms with E-state index in [0.717, 1.165) is 12.8 Å². The molecular formula is C34H41NO4S. The molecule has 0 saturated carbocycles. The standard InChI is InChI=1S/C34H41NO4S/c1-2-3-4-5-6-7-8-9-10-17-26-38-29-24-22-27(23-25-29)32(36)31(33(40)35-28-18-13-11-14-19-28)34(37)39-30-20-15-12-16-21-30/h11-16,18-25,31H,2-10,17,26H2,1H3,(H,35,40). The minimum absolute atomic E-state index is 0.0819. The summed E-state index contributed by atoms with van der Waals surface area (Å²) in [6.07, 6.45) is 12.7. The Labute approximate surface area is 244 Å². The number of Topliss-reactive ketones (excluding diaryl/α,β-unsaturated/α-hetero) is 1. The van der Waals surface area contributed by atoms with Gasteiger partial charge in [0.05, 0.1) is 6.61 Å². The number of hydrogen-bond donors (Lipinski definition) is 1. The van der Waals surface area contributed by atoms with E-state index in [-0.39, 0.29) is 4.99 Å². The lowest BCUT2D eigenvalue weighted by molar-refractivity contribution is -0.135. The van der Waals surface area contributed by atoms with Crippen LogP contribution in [0.15, 0.2) is 84.9 Å². The number of ketones is 1. The minimum Gasteiger partial charge on any atom is -0.494 e. The third-order valence-corrected chi connectivity index (χ3v) is 7.01. The fourth-order valence-corrected chi connectivity index (χ4v) is 4.72. The molecule has 0 amide bonds. The van der Waals surface area contributed by atoms with Gasteiger partial charge in [0.2, 0.25) is 0 Å². The molecule has 1 unspecified atom stereocenters. The van der Waals surface area contributed by atoms with Gasteiger partial charge >= 0.3 is 5.97 Å². The average Bonchev–Trinajstić information content (AvgIpc) is 2.97. The highest BCUT2D eigenvalue weighted by atomic mass is 32.1. The van der Waals surface area contributed by atoms with Gasteiger partial charge in [0, 0.05) is 11.3 Å². The zero-order valence-electron chi connectivity index (χ0n) is 23.5. The maximum absolute atomic E-state index is 13.5. The second-order valence-corrected chi connectivity index (χ2v) is 10.4. The number of ether oxygens (including phenoxy) is 2. The van der Waals surface area contributed by atoms with Crippen molar-refractivity contribution in [3.8, 4) is 11.5 Å². The quantitative estimate of drug-likeness (QED) is 0.0419. The first-order valence-corrected chi connectivity index (χ1v) is 14.9. The average molecular weight is 560 g/mol. The molecule has 0 spiro atoms. The zero-order chi connectivity index (χ0) is 28.4. The number of carbonyl (C=O) groups excluding carboxylic acids is 2. The van der Waals surface area contributed by atoms with E-state index >= 15 is 0 Å². The smallest absolute Gasteiger partial charge is 0.329 e. The van der Waals surface area contributed by atoms with Crippen molar-refractivity contribution < 1.29 is 19.1 Å². The number of nitrogens with one attached hydrogen (secondary N) is 1. The summed E-state index contributed by atoms with van der Waals surface area (Å²) in [6.45, 7) is 2.89. The number of benzene rings is 3. The SMILES string of the molecule is CCCCCCCCCCCCOc1ccc(C(=O)C(C(=O)Oc2ccccc2)C(=S)Nc2ccccc2)cc1. The fourth-order valence-electron chi connectivity index (χ4n) is 4.39. The van der Waals surface area contributed by atoms with Gasteiger partial charge in [0.25, 0.3) is 0 Å². The van der Waals surface area contributed by atoms with E-state index in [0.29, 0.717) is 29.4 Å². The van der Waals surface area contributed by atoms with E-state index in [1.54, 1.807) is 48.5 Å². The van der Waals surface area contributed by atoms with Crippen molar-refractivity contribution in [3.05, 3.63) is 90.5 Å². The highest BCUT2D eigenvalue weighted by molar-refractivity contribution is 7.80. The summed E-state index contributed by atoms with van der Waals surface area (Å²) in [5.74, 6) is -1.42. The molecule has 3 rings (SSSR count). The van der Waals surface area contributed by atoms with Crippen molar-refractivity contribution >= 4 is 34.6 Å². The maximum Gasteiger partial charge on any atom is 0.329 e. The third-order valence-electron chi connectivity index (χ3n) is 6.67. The summed E-state index contributed by atoms with van der Waals surface area (Å²) < 4.78 is 11.4. The van der Waals surface area contributed by atoms with Crippen molar-refractivity contribution in [3.63, 3.8) is 0 Å². The molecule has 0 aliphatic rings. The zero-order valence-corrected chi connectivity index (χ0v) is 24.3. The normalized spacial score (nSPS) is 11.4. The van der Waals surface area contributed by atoms with Gasteiger partial charge in [0.1, 0.15) is 16.5 Å². The number of rotatable bonds is 18. The van der Waals surface area contributed by atoms with Crippen LogP contribution in [0.25, 0.3) is 0 Å². The lowest BCUT2D eigenvalue weighted by Gasteiger charge is -2.18. The molecule has 0 aliphatic carbocycles. The van der Waals surface area contributed by atoms with Crippen LogP contribution in [0.2, 0.25) is 0 Å². The van der Waals surface area contributed by atoms with Gasteiger partial charge in [-0.25, -0.2) is 0 Å². The van der Waals surface area contributed by atoms with Gasteiger partial charge in [-0.2, -0.15) is 0 Å². The molecule has 0 fully saturated rings. The summed E-state index contributed by atoms with van der Waals surface area (Å²) in [5, 5.41) is 3.02. The highest BCUT2D eigenvalue weighted by Gasteiger charge is 2.34. The van der Waals surface area contributed by atoms with E-state index in [1.165, 1.54) is 51.4 Å². The van der Waals surface area contributed by atoms with Crippen LogP contribution < -0.4 is 14.8 Å². The Morgan fingerprint density at radius 1 is 0.700 bits per heavy atom.